The number of aryl methyl sites for hydroxylation is 1. The number of hydrogen-bond acceptors (Lipinski definition) is 5. The average Bonchev–Trinajstić information content (AvgIpc) is 3.40. The van der Waals surface area contributed by atoms with Gasteiger partial charge in [-0.05, 0) is 37.8 Å². The summed E-state index contributed by atoms with van der Waals surface area (Å²) >= 11 is 0. The van der Waals surface area contributed by atoms with Crippen LogP contribution in [0, 0.1) is 5.41 Å². The molecule has 27 heavy (non-hydrogen) atoms. The predicted octanol–water partition coefficient (Wildman–Crippen LogP) is 1.02. The SMILES string of the molecule is CCc1cc(NC(=O)C(=O)N2CCN(C(=O)C3(C)CC3)C(C)C2)cnc1N. The monoisotopic (exact) mass is 373 g/mol. The molecule has 0 bridgehead atoms. The van der Waals surface area contributed by atoms with E-state index in [9.17, 15) is 14.4 Å². The zero-order chi connectivity index (χ0) is 19.8. The average molecular weight is 373 g/mol. The fraction of sp³-hybridized carbons (Fsp3) is 0.579. The summed E-state index contributed by atoms with van der Waals surface area (Å²) < 4.78 is 0. The van der Waals surface area contributed by atoms with E-state index >= 15 is 0 Å². The molecule has 1 saturated heterocycles. The normalized spacial score (nSPS) is 20.9. The minimum absolute atomic E-state index is 0.106. The Morgan fingerprint density at radius 1 is 1.33 bits per heavy atom. The Balaban J connectivity index is 1.59. The van der Waals surface area contributed by atoms with Crippen LogP contribution >= 0.6 is 0 Å². The number of aromatic nitrogens is 1. The quantitative estimate of drug-likeness (QED) is 0.769. The van der Waals surface area contributed by atoms with Gasteiger partial charge in [0.15, 0.2) is 0 Å². The fourth-order valence-corrected chi connectivity index (χ4v) is 3.39. The maximum Gasteiger partial charge on any atom is 0.313 e. The molecule has 1 aliphatic heterocycles. The molecule has 8 heteroatoms. The molecular formula is C19H27N5O3. The highest BCUT2D eigenvalue weighted by Crippen LogP contribution is 2.47. The number of nitrogens with zero attached hydrogens (tertiary/aromatic N) is 3. The second kappa shape index (κ2) is 7.17. The van der Waals surface area contributed by atoms with Crippen LogP contribution in [0.4, 0.5) is 11.5 Å². The zero-order valence-electron chi connectivity index (χ0n) is 16.1. The maximum atomic E-state index is 12.6. The molecular weight excluding hydrogens is 346 g/mol. The minimum Gasteiger partial charge on any atom is -0.383 e. The van der Waals surface area contributed by atoms with Crippen LogP contribution < -0.4 is 11.1 Å². The Bertz CT molecular complexity index is 775. The summed E-state index contributed by atoms with van der Waals surface area (Å²) in [7, 11) is 0. The zero-order valence-corrected chi connectivity index (χ0v) is 16.1. The summed E-state index contributed by atoms with van der Waals surface area (Å²) in [5, 5.41) is 2.60. The van der Waals surface area contributed by atoms with Crippen LogP contribution in [0.5, 0.6) is 0 Å². The third-order valence-corrected chi connectivity index (χ3v) is 5.53. The summed E-state index contributed by atoms with van der Waals surface area (Å²) in [5.41, 5.74) is 6.80. The number of piperazine rings is 1. The number of carbonyl (C=O) groups excluding carboxylic acids is 3. The predicted molar refractivity (Wildman–Crippen MR) is 102 cm³/mol. The van der Waals surface area contributed by atoms with Crippen LogP contribution in [0.2, 0.25) is 0 Å². The standard InChI is InChI=1S/C19H27N5O3/c1-4-13-9-14(10-21-15(13)20)22-16(25)17(26)23-7-8-24(12(2)11-23)18(27)19(3)5-6-19/h9-10,12H,4-8,11H2,1-3H3,(H2,20,21)(H,22,25). The molecule has 2 heterocycles. The number of hydrogen-bond donors (Lipinski definition) is 2. The molecule has 8 nitrogen and oxygen atoms in total. The smallest absolute Gasteiger partial charge is 0.313 e. The number of rotatable bonds is 3. The van der Waals surface area contributed by atoms with Crippen LogP contribution in [0.1, 0.15) is 39.2 Å². The van der Waals surface area contributed by atoms with Gasteiger partial charge in [-0.25, -0.2) is 4.98 Å². The number of nitrogens with two attached hydrogens (primary N) is 1. The van der Waals surface area contributed by atoms with Gasteiger partial charge in [-0.3, -0.25) is 14.4 Å². The van der Waals surface area contributed by atoms with E-state index in [0.717, 1.165) is 18.4 Å². The van der Waals surface area contributed by atoms with E-state index in [1.165, 1.54) is 11.1 Å². The van der Waals surface area contributed by atoms with Gasteiger partial charge < -0.3 is 20.9 Å². The molecule has 0 radical (unpaired) electrons. The van der Waals surface area contributed by atoms with Gasteiger partial charge in [-0.15, -0.1) is 0 Å². The lowest BCUT2D eigenvalue weighted by Crippen LogP contribution is -2.58. The van der Waals surface area contributed by atoms with Gasteiger partial charge >= 0.3 is 11.8 Å². The molecule has 0 aromatic carbocycles. The number of pyridine rings is 1. The highest BCUT2D eigenvalue weighted by atomic mass is 16.2. The van der Waals surface area contributed by atoms with Crippen molar-refractivity contribution in [3.63, 3.8) is 0 Å². The number of nitrogen functional groups attached to an aromatic ring is 1. The first kappa shape index (κ1) is 19.1. The lowest BCUT2D eigenvalue weighted by atomic mass is 10.1. The molecule has 0 spiro atoms. The van der Waals surface area contributed by atoms with Crippen molar-refractivity contribution in [3.05, 3.63) is 17.8 Å². The molecule has 146 valence electrons. The summed E-state index contributed by atoms with van der Waals surface area (Å²) in [6.07, 6.45) is 3.98. The second-order valence-electron chi connectivity index (χ2n) is 7.74. The van der Waals surface area contributed by atoms with Gasteiger partial charge in [-0.2, -0.15) is 0 Å². The van der Waals surface area contributed by atoms with E-state index in [2.05, 4.69) is 10.3 Å². The van der Waals surface area contributed by atoms with Gasteiger partial charge in [-0.1, -0.05) is 13.8 Å². The molecule has 2 fully saturated rings. The van der Waals surface area contributed by atoms with Crippen molar-refractivity contribution in [2.24, 2.45) is 5.41 Å². The van der Waals surface area contributed by atoms with E-state index in [-0.39, 0.29) is 17.4 Å². The first-order chi connectivity index (χ1) is 12.7. The van der Waals surface area contributed by atoms with Crippen molar-refractivity contribution in [3.8, 4) is 0 Å². The summed E-state index contributed by atoms with van der Waals surface area (Å²) in [6, 6.07) is 1.62. The number of amides is 3. The van der Waals surface area contributed by atoms with Gasteiger partial charge in [0, 0.05) is 31.1 Å². The molecule has 3 amide bonds. The van der Waals surface area contributed by atoms with Crippen molar-refractivity contribution in [2.75, 3.05) is 30.7 Å². The molecule has 3 rings (SSSR count). The first-order valence-corrected chi connectivity index (χ1v) is 9.41. The molecule has 1 aromatic heterocycles. The molecule has 3 N–H and O–H groups in total. The highest BCUT2D eigenvalue weighted by molar-refractivity contribution is 6.39. The molecule has 1 unspecified atom stereocenters. The van der Waals surface area contributed by atoms with Crippen LogP contribution in [0.3, 0.4) is 0 Å². The molecule has 2 aliphatic rings. The number of anilines is 2. The summed E-state index contributed by atoms with van der Waals surface area (Å²) in [4.78, 5) is 44.8. The van der Waals surface area contributed by atoms with Gasteiger partial charge in [0.2, 0.25) is 5.91 Å². The van der Waals surface area contributed by atoms with E-state index in [0.29, 0.717) is 37.6 Å². The maximum absolute atomic E-state index is 12.6. The largest absolute Gasteiger partial charge is 0.383 e. The van der Waals surface area contributed by atoms with Crippen molar-refractivity contribution < 1.29 is 14.4 Å². The lowest BCUT2D eigenvalue weighted by molar-refractivity contribution is -0.149. The van der Waals surface area contributed by atoms with Crippen molar-refractivity contribution >= 4 is 29.2 Å². The van der Waals surface area contributed by atoms with Crippen molar-refractivity contribution in [2.45, 2.75) is 46.1 Å². The van der Waals surface area contributed by atoms with Gasteiger partial charge in [0.25, 0.3) is 0 Å². The number of carbonyl (C=O) groups is 3. The Kier molecular flexibility index (Phi) is 5.08. The Hall–Kier alpha value is -2.64. The fourth-order valence-electron chi connectivity index (χ4n) is 3.39. The Morgan fingerprint density at radius 2 is 2.04 bits per heavy atom. The van der Waals surface area contributed by atoms with E-state index in [1.807, 2.05) is 25.7 Å². The van der Waals surface area contributed by atoms with Crippen LogP contribution in [-0.4, -0.2) is 58.2 Å². The van der Waals surface area contributed by atoms with E-state index < -0.39 is 11.8 Å². The molecule has 1 saturated carbocycles. The van der Waals surface area contributed by atoms with Crippen LogP contribution in [-0.2, 0) is 20.8 Å². The Morgan fingerprint density at radius 3 is 2.63 bits per heavy atom. The molecule has 1 aromatic rings. The summed E-state index contributed by atoms with van der Waals surface area (Å²) in [5.74, 6) is -0.724. The lowest BCUT2D eigenvalue weighted by Gasteiger charge is -2.40. The highest BCUT2D eigenvalue weighted by Gasteiger charge is 2.48. The third kappa shape index (κ3) is 3.89. The van der Waals surface area contributed by atoms with Gasteiger partial charge in [0.05, 0.1) is 11.9 Å². The van der Waals surface area contributed by atoms with E-state index in [1.54, 1.807) is 6.07 Å². The third-order valence-electron chi connectivity index (χ3n) is 5.53. The molecule has 1 atom stereocenters. The van der Waals surface area contributed by atoms with E-state index in [4.69, 9.17) is 5.73 Å². The first-order valence-electron chi connectivity index (χ1n) is 9.41. The minimum atomic E-state index is -0.704. The number of nitrogens with one attached hydrogen (secondary N) is 1. The van der Waals surface area contributed by atoms with Crippen molar-refractivity contribution in [1.29, 1.82) is 0 Å². The summed E-state index contributed by atoms with van der Waals surface area (Å²) in [6.45, 7) is 7.01. The Labute approximate surface area is 159 Å². The molecule has 1 aliphatic carbocycles. The van der Waals surface area contributed by atoms with Crippen LogP contribution in [0.15, 0.2) is 12.3 Å². The second-order valence-corrected chi connectivity index (χ2v) is 7.74. The van der Waals surface area contributed by atoms with Gasteiger partial charge in [0.1, 0.15) is 5.82 Å². The van der Waals surface area contributed by atoms with Crippen LogP contribution in [0.25, 0.3) is 0 Å². The van der Waals surface area contributed by atoms with Crippen molar-refractivity contribution in [1.82, 2.24) is 14.8 Å². The topological polar surface area (TPSA) is 109 Å².